The maximum Gasteiger partial charge on any atom is 0.171 e. The van der Waals surface area contributed by atoms with Gasteiger partial charge >= 0.3 is 0 Å². The summed E-state index contributed by atoms with van der Waals surface area (Å²) in [4.78, 5) is 2.01. The zero-order valence-corrected chi connectivity index (χ0v) is 13.2. The van der Waals surface area contributed by atoms with Gasteiger partial charge in [0.05, 0.1) is 5.69 Å². The molecule has 0 aliphatic carbocycles. The molecule has 2 rings (SSSR count). The fraction of sp³-hybridized carbons (Fsp3) is 0.188. The van der Waals surface area contributed by atoms with Crippen LogP contribution in [0.2, 0.25) is 0 Å². The summed E-state index contributed by atoms with van der Waals surface area (Å²) in [7, 11) is 3.94. The summed E-state index contributed by atoms with van der Waals surface area (Å²) in [5, 5.41) is 5.85. The lowest BCUT2D eigenvalue weighted by molar-refractivity contribution is 0.604. The standard InChI is InChI=1S/C16H17F2N3S/c1-21(2)13-6-3-11(4-7-13)10-19-16(22)20-15-9-12(17)5-8-14(15)18/h3-9H,10H2,1-2H3,(H2,19,20,22). The Morgan fingerprint density at radius 2 is 1.77 bits per heavy atom. The van der Waals surface area contributed by atoms with E-state index in [2.05, 4.69) is 10.6 Å². The van der Waals surface area contributed by atoms with Gasteiger partial charge in [0.2, 0.25) is 0 Å². The highest BCUT2D eigenvalue weighted by Gasteiger charge is 2.05. The molecule has 2 N–H and O–H groups in total. The van der Waals surface area contributed by atoms with Crippen LogP contribution in [0.25, 0.3) is 0 Å². The first-order valence-corrected chi connectivity index (χ1v) is 7.12. The van der Waals surface area contributed by atoms with Crippen molar-refractivity contribution in [3.63, 3.8) is 0 Å². The van der Waals surface area contributed by atoms with Gasteiger partial charge in [0.25, 0.3) is 0 Å². The molecule has 2 aromatic carbocycles. The lowest BCUT2D eigenvalue weighted by Gasteiger charge is -2.14. The maximum absolute atomic E-state index is 13.5. The average Bonchev–Trinajstić information content (AvgIpc) is 2.49. The number of halogens is 2. The molecule has 0 spiro atoms. The molecule has 0 aliphatic rings. The minimum absolute atomic E-state index is 0.0143. The third-order valence-corrected chi connectivity index (χ3v) is 3.33. The van der Waals surface area contributed by atoms with Crippen molar-refractivity contribution in [3.8, 4) is 0 Å². The molecule has 0 bridgehead atoms. The molecular weight excluding hydrogens is 304 g/mol. The van der Waals surface area contributed by atoms with Gasteiger partial charge < -0.3 is 15.5 Å². The van der Waals surface area contributed by atoms with Crippen molar-refractivity contribution < 1.29 is 8.78 Å². The van der Waals surface area contributed by atoms with E-state index in [0.29, 0.717) is 6.54 Å². The van der Waals surface area contributed by atoms with Gasteiger partial charge in [0, 0.05) is 32.4 Å². The normalized spacial score (nSPS) is 10.2. The van der Waals surface area contributed by atoms with E-state index in [0.717, 1.165) is 29.4 Å². The van der Waals surface area contributed by atoms with Crippen molar-refractivity contribution in [2.75, 3.05) is 24.3 Å². The molecule has 2 aromatic rings. The van der Waals surface area contributed by atoms with Gasteiger partial charge in [-0.25, -0.2) is 8.78 Å². The van der Waals surface area contributed by atoms with Crippen molar-refractivity contribution in [1.82, 2.24) is 5.32 Å². The zero-order valence-electron chi connectivity index (χ0n) is 12.4. The average molecular weight is 321 g/mol. The number of anilines is 2. The number of thiocarbonyl (C=S) groups is 1. The number of hydrogen-bond donors (Lipinski definition) is 2. The minimum Gasteiger partial charge on any atom is -0.378 e. The number of nitrogens with zero attached hydrogens (tertiary/aromatic N) is 1. The van der Waals surface area contributed by atoms with Crippen molar-refractivity contribution in [1.29, 1.82) is 0 Å². The Bertz CT molecular complexity index is 657. The quantitative estimate of drug-likeness (QED) is 0.843. The van der Waals surface area contributed by atoms with Crippen LogP contribution in [-0.4, -0.2) is 19.2 Å². The summed E-state index contributed by atoms with van der Waals surface area (Å²) in [6.07, 6.45) is 0. The smallest absolute Gasteiger partial charge is 0.171 e. The second-order valence-electron chi connectivity index (χ2n) is 4.99. The SMILES string of the molecule is CN(C)c1ccc(CNC(=S)Nc2cc(F)ccc2F)cc1. The van der Waals surface area contributed by atoms with Crippen LogP contribution in [0.4, 0.5) is 20.2 Å². The largest absolute Gasteiger partial charge is 0.378 e. The second kappa shape index (κ2) is 7.17. The Hall–Kier alpha value is -2.21. The van der Waals surface area contributed by atoms with E-state index in [1.807, 2.05) is 43.3 Å². The molecule has 0 amide bonds. The van der Waals surface area contributed by atoms with E-state index in [4.69, 9.17) is 12.2 Å². The van der Waals surface area contributed by atoms with Gasteiger partial charge in [-0.05, 0) is 42.0 Å². The van der Waals surface area contributed by atoms with Crippen LogP contribution >= 0.6 is 12.2 Å². The fourth-order valence-corrected chi connectivity index (χ4v) is 2.04. The number of nitrogens with one attached hydrogen (secondary N) is 2. The van der Waals surface area contributed by atoms with Gasteiger partial charge in [-0.2, -0.15) is 0 Å². The summed E-state index contributed by atoms with van der Waals surface area (Å²) >= 11 is 5.09. The molecule has 3 nitrogen and oxygen atoms in total. The zero-order chi connectivity index (χ0) is 16.1. The Kier molecular flexibility index (Phi) is 5.27. The van der Waals surface area contributed by atoms with Crippen LogP contribution < -0.4 is 15.5 Å². The molecule has 0 unspecified atom stereocenters. The summed E-state index contributed by atoms with van der Waals surface area (Å²) in [6.45, 7) is 0.497. The predicted octanol–water partition coefficient (Wildman–Crippen LogP) is 3.52. The van der Waals surface area contributed by atoms with E-state index in [1.165, 1.54) is 0 Å². The summed E-state index contributed by atoms with van der Waals surface area (Å²) in [5.74, 6) is -1.08. The Balaban J connectivity index is 1.91. The topological polar surface area (TPSA) is 27.3 Å². The van der Waals surface area contributed by atoms with E-state index >= 15 is 0 Å². The molecule has 0 aliphatic heterocycles. The van der Waals surface area contributed by atoms with E-state index in [1.54, 1.807) is 0 Å². The molecule has 0 atom stereocenters. The molecule has 0 fully saturated rings. The van der Waals surface area contributed by atoms with Crippen LogP contribution in [0, 0.1) is 11.6 Å². The van der Waals surface area contributed by atoms with Gasteiger partial charge in [0.1, 0.15) is 11.6 Å². The lowest BCUT2D eigenvalue weighted by Crippen LogP contribution is -2.28. The molecule has 0 aromatic heterocycles. The van der Waals surface area contributed by atoms with Crippen molar-refractivity contribution in [2.24, 2.45) is 0 Å². The number of benzene rings is 2. The molecule has 0 radical (unpaired) electrons. The minimum atomic E-state index is -0.555. The molecule has 22 heavy (non-hydrogen) atoms. The summed E-state index contributed by atoms with van der Waals surface area (Å²) in [6, 6.07) is 11.1. The van der Waals surface area contributed by atoms with Gasteiger partial charge in [-0.3, -0.25) is 0 Å². The summed E-state index contributed by atoms with van der Waals surface area (Å²) < 4.78 is 26.6. The number of hydrogen-bond acceptors (Lipinski definition) is 2. The maximum atomic E-state index is 13.5. The monoisotopic (exact) mass is 321 g/mol. The van der Waals surface area contributed by atoms with Crippen molar-refractivity contribution in [2.45, 2.75) is 6.54 Å². The molecule has 116 valence electrons. The first-order chi connectivity index (χ1) is 10.5. The Morgan fingerprint density at radius 1 is 1.09 bits per heavy atom. The molecule has 0 saturated heterocycles. The van der Waals surface area contributed by atoms with Crippen molar-refractivity contribution in [3.05, 3.63) is 59.7 Å². The first-order valence-electron chi connectivity index (χ1n) is 6.72. The van der Waals surface area contributed by atoms with Gasteiger partial charge in [-0.1, -0.05) is 12.1 Å². The fourth-order valence-electron chi connectivity index (χ4n) is 1.85. The molecular formula is C16H17F2N3S. The predicted molar refractivity (Wildman–Crippen MR) is 90.2 cm³/mol. The third kappa shape index (κ3) is 4.39. The van der Waals surface area contributed by atoms with Gasteiger partial charge in [-0.15, -0.1) is 0 Å². The van der Waals surface area contributed by atoms with Crippen LogP contribution in [0.15, 0.2) is 42.5 Å². The van der Waals surface area contributed by atoms with E-state index < -0.39 is 11.6 Å². The molecule has 6 heteroatoms. The lowest BCUT2D eigenvalue weighted by atomic mass is 10.2. The Labute approximate surface area is 133 Å². The Morgan fingerprint density at radius 3 is 2.41 bits per heavy atom. The highest BCUT2D eigenvalue weighted by molar-refractivity contribution is 7.80. The molecule has 0 saturated carbocycles. The van der Waals surface area contributed by atoms with Crippen LogP contribution in [-0.2, 0) is 6.54 Å². The van der Waals surface area contributed by atoms with Gasteiger partial charge in [0.15, 0.2) is 5.11 Å². The van der Waals surface area contributed by atoms with E-state index in [-0.39, 0.29) is 10.8 Å². The van der Waals surface area contributed by atoms with Crippen LogP contribution in [0.3, 0.4) is 0 Å². The first kappa shape index (κ1) is 16.2. The summed E-state index contributed by atoms with van der Waals surface area (Å²) in [5.41, 5.74) is 2.15. The third-order valence-electron chi connectivity index (χ3n) is 3.08. The number of rotatable bonds is 4. The highest BCUT2D eigenvalue weighted by Crippen LogP contribution is 2.15. The molecule has 0 heterocycles. The second-order valence-corrected chi connectivity index (χ2v) is 5.40. The van der Waals surface area contributed by atoms with Crippen molar-refractivity contribution >= 4 is 28.7 Å². The van der Waals surface area contributed by atoms with Crippen LogP contribution in [0.5, 0.6) is 0 Å². The van der Waals surface area contributed by atoms with Crippen LogP contribution in [0.1, 0.15) is 5.56 Å². The van der Waals surface area contributed by atoms with E-state index in [9.17, 15) is 8.78 Å². The highest BCUT2D eigenvalue weighted by atomic mass is 32.1.